The minimum absolute atomic E-state index is 0.0252. The molecule has 0 aliphatic heterocycles. The summed E-state index contributed by atoms with van der Waals surface area (Å²) >= 11 is 3.49. The first kappa shape index (κ1) is 19.5. The molecule has 0 amide bonds. The molecule has 3 nitrogen and oxygen atoms in total. The van der Waals surface area contributed by atoms with Crippen LogP contribution in [0.15, 0.2) is 77.3 Å². The molecule has 0 spiro atoms. The molecule has 27 heavy (non-hydrogen) atoms. The number of methoxy groups -OCH3 is 1. The predicted octanol–water partition coefficient (Wildman–Crippen LogP) is 6.04. The van der Waals surface area contributed by atoms with Crippen LogP contribution < -0.4 is 10.1 Å². The van der Waals surface area contributed by atoms with E-state index in [0.717, 1.165) is 27.0 Å². The smallest absolute Gasteiger partial charge is 0.119 e. The maximum absolute atomic E-state index is 10.8. The Morgan fingerprint density at radius 1 is 0.889 bits per heavy atom. The van der Waals surface area contributed by atoms with Crippen LogP contribution in [0, 0.1) is 6.92 Å². The van der Waals surface area contributed by atoms with Crippen LogP contribution in [0.1, 0.15) is 35.3 Å². The van der Waals surface area contributed by atoms with Gasteiger partial charge < -0.3 is 15.2 Å². The van der Waals surface area contributed by atoms with E-state index in [1.807, 2.05) is 67.6 Å². The second-order valence-corrected chi connectivity index (χ2v) is 7.55. The van der Waals surface area contributed by atoms with Gasteiger partial charge in [-0.15, -0.1) is 0 Å². The van der Waals surface area contributed by atoms with Crippen LogP contribution in [0.3, 0.4) is 0 Å². The molecule has 3 aromatic carbocycles. The summed E-state index contributed by atoms with van der Waals surface area (Å²) in [6, 6.07) is 24.1. The van der Waals surface area contributed by atoms with Crippen molar-refractivity contribution in [2.75, 3.05) is 12.4 Å². The normalized spacial score (nSPS) is 13.0. The van der Waals surface area contributed by atoms with E-state index in [0.29, 0.717) is 6.42 Å². The molecule has 0 bridgehead atoms. The summed E-state index contributed by atoms with van der Waals surface area (Å²) in [5.41, 5.74) is 4.23. The highest BCUT2D eigenvalue weighted by molar-refractivity contribution is 9.10. The number of hydrogen-bond acceptors (Lipinski definition) is 3. The summed E-state index contributed by atoms with van der Waals surface area (Å²) in [5, 5.41) is 14.3. The topological polar surface area (TPSA) is 41.5 Å². The Balaban J connectivity index is 1.82. The number of nitrogens with one attached hydrogen (secondary N) is 1. The van der Waals surface area contributed by atoms with E-state index in [9.17, 15) is 5.11 Å². The van der Waals surface area contributed by atoms with Gasteiger partial charge in [0, 0.05) is 16.6 Å². The Morgan fingerprint density at radius 3 is 2.07 bits per heavy atom. The molecule has 4 heteroatoms. The molecule has 0 saturated heterocycles. The summed E-state index contributed by atoms with van der Waals surface area (Å²) in [4.78, 5) is 0. The minimum Gasteiger partial charge on any atom is -0.497 e. The van der Waals surface area contributed by atoms with Crippen LogP contribution in [0.4, 0.5) is 5.69 Å². The van der Waals surface area contributed by atoms with E-state index in [4.69, 9.17) is 4.74 Å². The van der Waals surface area contributed by atoms with E-state index in [2.05, 4.69) is 33.4 Å². The maximum atomic E-state index is 10.8. The molecule has 0 saturated carbocycles. The number of rotatable bonds is 7. The van der Waals surface area contributed by atoms with Crippen LogP contribution in [-0.4, -0.2) is 12.2 Å². The highest BCUT2D eigenvalue weighted by Gasteiger charge is 2.18. The molecule has 0 heterocycles. The van der Waals surface area contributed by atoms with Crippen molar-refractivity contribution in [2.45, 2.75) is 25.5 Å². The molecule has 0 radical (unpaired) electrons. The maximum Gasteiger partial charge on any atom is 0.119 e. The Labute approximate surface area is 169 Å². The third kappa shape index (κ3) is 5.34. The van der Waals surface area contributed by atoms with E-state index in [1.54, 1.807) is 7.11 Å². The van der Waals surface area contributed by atoms with Crippen molar-refractivity contribution in [1.29, 1.82) is 0 Å². The molecular formula is C23H24BrNO2. The van der Waals surface area contributed by atoms with Crippen molar-refractivity contribution in [3.63, 3.8) is 0 Å². The fourth-order valence-electron chi connectivity index (χ4n) is 3.01. The number of aliphatic hydroxyl groups excluding tert-OH is 1. The van der Waals surface area contributed by atoms with Crippen LogP contribution in [0.25, 0.3) is 0 Å². The second-order valence-electron chi connectivity index (χ2n) is 6.64. The van der Waals surface area contributed by atoms with E-state index < -0.39 is 6.10 Å². The van der Waals surface area contributed by atoms with Gasteiger partial charge in [-0.05, 0) is 54.4 Å². The van der Waals surface area contributed by atoms with Gasteiger partial charge in [-0.1, -0.05) is 57.9 Å². The summed E-state index contributed by atoms with van der Waals surface area (Å²) in [6.45, 7) is 2.05. The number of benzene rings is 3. The van der Waals surface area contributed by atoms with Crippen molar-refractivity contribution in [3.8, 4) is 5.75 Å². The number of hydrogen-bond donors (Lipinski definition) is 2. The number of aryl methyl sites for hydroxylation is 1. The van der Waals surface area contributed by atoms with Crippen LogP contribution >= 0.6 is 15.9 Å². The van der Waals surface area contributed by atoms with Crippen LogP contribution in [0.5, 0.6) is 5.75 Å². The van der Waals surface area contributed by atoms with Crippen molar-refractivity contribution >= 4 is 21.6 Å². The van der Waals surface area contributed by atoms with E-state index in [1.165, 1.54) is 5.56 Å². The molecule has 0 aliphatic carbocycles. The van der Waals surface area contributed by atoms with Crippen LogP contribution in [-0.2, 0) is 0 Å². The van der Waals surface area contributed by atoms with Gasteiger partial charge in [-0.3, -0.25) is 0 Å². The van der Waals surface area contributed by atoms with Crippen LogP contribution in [0.2, 0.25) is 0 Å². The standard InChI is InChI=1S/C23H24BrNO2/c1-16-3-5-18(6-4-16)23(26)15-22(17-7-9-19(24)10-8-17)25-20-11-13-21(27-2)14-12-20/h3-14,22-23,25-26H,15H2,1-2H3. The van der Waals surface area contributed by atoms with Crippen molar-refractivity contribution in [3.05, 3.63) is 94.0 Å². The zero-order chi connectivity index (χ0) is 19.2. The monoisotopic (exact) mass is 425 g/mol. The predicted molar refractivity (Wildman–Crippen MR) is 114 cm³/mol. The second kappa shape index (κ2) is 9.07. The Morgan fingerprint density at radius 2 is 1.48 bits per heavy atom. The molecule has 2 unspecified atom stereocenters. The lowest BCUT2D eigenvalue weighted by Gasteiger charge is -2.24. The fourth-order valence-corrected chi connectivity index (χ4v) is 3.27. The van der Waals surface area contributed by atoms with Gasteiger partial charge in [-0.2, -0.15) is 0 Å². The lowest BCUT2D eigenvalue weighted by molar-refractivity contribution is 0.160. The molecule has 3 rings (SSSR count). The van der Waals surface area contributed by atoms with Crippen molar-refractivity contribution < 1.29 is 9.84 Å². The Kier molecular flexibility index (Phi) is 6.54. The van der Waals surface area contributed by atoms with Gasteiger partial charge >= 0.3 is 0 Å². The van der Waals surface area contributed by atoms with Gasteiger partial charge in [0.1, 0.15) is 5.75 Å². The molecule has 3 aromatic rings. The van der Waals surface area contributed by atoms with Crippen molar-refractivity contribution in [2.24, 2.45) is 0 Å². The number of anilines is 1. The lowest BCUT2D eigenvalue weighted by Crippen LogP contribution is -2.15. The van der Waals surface area contributed by atoms with E-state index in [-0.39, 0.29) is 6.04 Å². The molecular weight excluding hydrogens is 402 g/mol. The number of aliphatic hydroxyl groups is 1. The highest BCUT2D eigenvalue weighted by atomic mass is 79.9. The summed E-state index contributed by atoms with van der Waals surface area (Å²) in [6.07, 6.45) is 0.0153. The van der Waals surface area contributed by atoms with Gasteiger partial charge in [0.05, 0.1) is 19.3 Å². The lowest BCUT2D eigenvalue weighted by atomic mass is 9.96. The third-order valence-electron chi connectivity index (χ3n) is 4.62. The highest BCUT2D eigenvalue weighted by Crippen LogP contribution is 2.31. The first-order valence-electron chi connectivity index (χ1n) is 8.96. The Hall–Kier alpha value is -2.30. The first-order valence-corrected chi connectivity index (χ1v) is 9.75. The molecule has 140 valence electrons. The molecule has 0 aliphatic rings. The number of ether oxygens (including phenoxy) is 1. The quantitative estimate of drug-likeness (QED) is 0.484. The summed E-state index contributed by atoms with van der Waals surface area (Å²) in [7, 11) is 1.66. The minimum atomic E-state index is -0.551. The molecule has 0 aromatic heterocycles. The summed E-state index contributed by atoms with van der Waals surface area (Å²) in [5.74, 6) is 0.820. The van der Waals surface area contributed by atoms with Gasteiger partial charge in [0.15, 0.2) is 0 Å². The average molecular weight is 426 g/mol. The Bertz CT molecular complexity index is 845. The zero-order valence-corrected chi connectivity index (χ0v) is 17.1. The molecule has 2 N–H and O–H groups in total. The van der Waals surface area contributed by atoms with Gasteiger partial charge in [0.25, 0.3) is 0 Å². The fraction of sp³-hybridized carbons (Fsp3) is 0.217. The number of halogens is 1. The van der Waals surface area contributed by atoms with Gasteiger partial charge in [0.2, 0.25) is 0 Å². The first-order chi connectivity index (χ1) is 13.0. The largest absolute Gasteiger partial charge is 0.497 e. The zero-order valence-electron chi connectivity index (χ0n) is 15.5. The van der Waals surface area contributed by atoms with E-state index >= 15 is 0 Å². The summed E-state index contributed by atoms with van der Waals surface area (Å²) < 4.78 is 6.27. The molecule has 0 fully saturated rings. The SMILES string of the molecule is COc1ccc(NC(CC(O)c2ccc(C)cc2)c2ccc(Br)cc2)cc1. The average Bonchev–Trinajstić information content (AvgIpc) is 2.69. The van der Waals surface area contributed by atoms with Crippen molar-refractivity contribution in [1.82, 2.24) is 0 Å². The molecule has 2 atom stereocenters. The van der Waals surface area contributed by atoms with Gasteiger partial charge in [-0.25, -0.2) is 0 Å². The third-order valence-corrected chi connectivity index (χ3v) is 5.15.